The molecule has 0 fully saturated rings. The minimum Gasteiger partial charge on any atom is -0.300 e. The number of hydrogen-bond acceptors (Lipinski definition) is 6. The van der Waals surface area contributed by atoms with E-state index in [0.717, 1.165) is 10.9 Å². The van der Waals surface area contributed by atoms with Crippen LogP contribution in [-0.2, 0) is 11.3 Å². The highest BCUT2D eigenvalue weighted by Gasteiger charge is 2.41. The molecule has 0 spiro atoms. The van der Waals surface area contributed by atoms with Gasteiger partial charge in [0.15, 0.2) is 10.8 Å². The van der Waals surface area contributed by atoms with Gasteiger partial charge in [-0.3, -0.25) is 9.59 Å². The molecule has 0 saturated carbocycles. The fraction of sp³-hybridized carbons (Fsp3) is 0.222. The normalized spacial score (nSPS) is 11.3. The number of rotatable bonds is 4. The molecule has 1 amide bonds. The maximum Gasteiger partial charge on any atom is 0.456 e. The van der Waals surface area contributed by atoms with Crippen molar-refractivity contribution in [3.63, 3.8) is 0 Å². The van der Waals surface area contributed by atoms with Crippen molar-refractivity contribution in [2.45, 2.75) is 12.7 Å². The van der Waals surface area contributed by atoms with Gasteiger partial charge in [0.05, 0.1) is 6.20 Å². The van der Waals surface area contributed by atoms with Gasteiger partial charge >= 0.3 is 6.18 Å². The first kappa shape index (κ1) is 14.1. The number of alkyl halides is 3. The molecule has 0 atom stereocenters. The summed E-state index contributed by atoms with van der Waals surface area (Å²) in [6, 6.07) is 0. The Morgan fingerprint density at radius 2 is 2.15 bits per heavy atom. The quantitative estimate of drug-likeness (QED) is 0.855. The van der Waals surface area contributed by atoms with Crippen molar-refractivity contribution < 1.29 is 22.8 Å². The standard InChI is InChI=1S/C9H6F3N5O2S/c10-9(11,12)7(19)5-3-17(16-15-5)4-6(18)14-8-13-1-2-20-8/h1-3H,4H2,(H,13,14,18). The summed E-state index contributed by atoms with van der Waals surface area (Å²) in [5.74, 6) is -2.65. The Morgan fingerprint density at radius 1 is 1.40 bits per heavy atom. The van der Waals surface area contributed by atoms with Gasteiger partial charge in [-0.1, -0.05) is 5.21 Å². The third-order valence-corrected chi connectivity index (χ3v) is 2.70. The smallest absolute Gasteiger partial charge is 0.300 e. The summed E-state index contributed by atoms with van der Waals surface area (Å²) >= 11 is 1.18. The Morgan fingerprint density at radius 3 is 2.75 bits per heavy atom. The predicted octanol–water partition coefficient (Wildman–Crippen LogP) is 1.12. The van der Waals surface area contributed by atoms with Gasteiger partial charge in [0.2, 0.25) is 5.91 Å². The van der Waals surface area contributed by atoms with Gasteiger partial charge < -0.3 is 5.32 Å². The molecule has 0 aliphatic heterocycles. The zero-order chi connectivity index (χ0) is 14.8. The molecule has 0 radical (unpaired) electrons. The molecule has 0 aliphatic rings. The number of nitrogens with one attached hydrogen (secondary N) is 1. The molecule has 0 saturated heterocycles. The number of thiazole rings is 1. The van der Waals surface area contributed by atoms with Crippen LogP contribution in [-0.4, -0.2) is 37.8 Å². The highest BCUT2D eigenvalue weighted by Crippen LogP contribution is 2.19. The molecule has 2 aromatic heterocycles. The molecule has 2 rings (SSSR count). The minimum absolute atomic E-state index is 0.349. The third kappa shape index (κ3) is 3.38. The number of carbonyl (C=O) groups is 2. The second-order valence-corrected chi connectivity index (χ2v) is 4.41. The largest absolute Gasteiger partial charge is 0.456 e. The highest BCUT2D eigenvalue weighted by atomic mass is 32.1. The lowest BCUT2D eigenvalue weighted by molar-refractivity contribution is -0.116. The number of aromatic nitrogens is 4. The first-order chi connectivity index (χ1) is 9.36. The second kappa shape index (κ2) is 5.36. The zero-order valence-electron chi connectivity index (χ0n) is 9.59. The average molecular weight is 305 g/mol. The van der Waals surface area contributed by atoms with Gasteiger partial charge in [-0.25, -0.2) is 9.67 Å². The molecular weight excluding hydrogens is 299 g/mol. The fourth-order valence-electron chi connectivity index (χ4n) is 1.22. The lowest BCUT2D eigenvalue weighted by Gasteiger charge is -2.01. The summed E-state index contributed by atoms with van der Waals surface area (Å²) in [4.78, 5) is 26.2. The summed E-state index contributed by atoms with van der Waals surface area (Å²) in [6.45, 7) is -0.377. The average Bonchev–Trinajstić information content (AvgIpc) is 2.98. The van der Waals surface area contributed by atoms with E-state index in [4.69, 9.17) is 0 Å². The maximum atomic E-state index is 12.1. The van der Waals surface area contributed by atoms with Crippen LogP contribution in [0.2, 0.25) is 0 Å². The number of nitrogens with zero attached hydrogens (tertiary/aromatic N) is 4. The number of amides is 1. The van der Waals surface area contributed by atoms with Crippen molar-refractivity contribution in [2.75, 3.05) is 5.32 Å². The molecule has 1 N–H and O–H groups in total. The molecule has 11 heteroatoms. The predicted molar refractivity (Wildman–Crippen MR) is 61.2 cm³/mol. The zero-order valence-corrected chi connectivity index (χ0v) is 10.4. The fourth-order valence-corrected chi connectivity index (χ4v) is 1.76. The molecule has 20 heavy (non-hydrogen) atoms. The summed E-state index contributed by atoms with van der Waals surface area (Å²) in [6.07, 6.45) is -2.78. The van der Waals surface area contributed by atoms with Crippen molar-refractivity contribution in [1.29, 1.82) is 0 Å². The highest BCUT2D eigenvalue weighted by molar-refractivity contribution is 7.13. The van der Waals surface area contributed by atoms with Crippen LogP contribution >= 0.6 is 11.3 Å². The van der Waals surface area contributed by atoms with Crippen LogP contribution in [0, 0.1) is 0 Å². The van der Waals surface area contributed by atoms with Gasteiger partial charge in [-0.2, -0.15) is 13.2 Å². The lowest BCUT2D eigenvalue weighted by atomic mass is 10.3. The summed E-state index contributed by atoms with van der Waals surface area (Å²) in [7, 11) is 0. The second-order valence-electron chi connectivity index (χ2n) is 3.51. The van der Waals surface area contributed by atoms with Crippen LogP contribution in [0.25, 0.3) is 0 Å². The van der Waals surface area contributed by atoms with E-state index < -0.39 is 23.6 Å². The molecule has 0 aromatic carbocycles. The Bertz CT molecular complexity index is 622. The number of anilines is 1. The molecule has 106 valence electrons. The number of halogens is 3. The van der Waals surface area contributed by atoms with Crippen molar-refractivity contribution in [3.05, 3.63) is 23.5 Å². The van der Waals surface area contributed by atoms with E-state index in [9.17, 15) is 22.8 Å². The lowest BCUT2D eigenvalue weighted by Crippen LogP contribution is -2.23. The van der Waals surface area contributed by atoms with Crippen molar-refractivity contribution >= 4 is 28.2 Å². The van der Waals surface area contributed by atoms with E-state index in [1.165, 1.54) is 17.5 Å². The summed E-state index contributed by atoms with van der Waals surface area (Å²) in [5, 5.41) is 10.8. The van der Waals surface area contributed by atoms with Crippen LogP contribution in [0.15, 0.2) is 17.8 Å². The van der Waals surface area contributed by atoms with Gasteiger partial charge in [-0.15, -0.1) is 16.4 Å². The first-order valence-corrected chi connectivity index (χ1v) is 5.95. The molecule has 0 bridgehead atoms. The molecule has 0 unspecified atom stereocenters. The Hall–Kier alpha value is -2.30. The topological polar surface area (TPSA) is 89.8 Å². The van der Waals surface area contributed by atoms with E-state index in [1.807, 2.05) is 0 Å². The van der Waals surface area contributed by atoms with Crippen LogP contribution in [0.3, 0.4) is 0 Å². The van der Waals surface area contributed by atoms with E-state index in [1.54, 1.807) is 5.38 Å². The molecule has 0 aliphatic carbocycles. The van der Waals surface area contributed by atoms with Crippen LogP contribution in [0.1, 0.15) is 10.5 Å². The minimum atomic E-state index is -5.02. The Balaban J connectivity index is 1.99. The Labute approximate surface area is 113 Å². The van der Waals surface area contributed by atoms with Gasteiger partial charge in [0.1, 0.15) is 6.54 Å². The monoisotopic (exact) mass is 305 g/mol. The molecule has 2 heterocycles. The Kier molecular flexibility index (Phi) is 3.79. The van der Waals surface area contributed by atoms with E-state index in [-0.39, 0.29) is 6.54 Å². The van der Waals surface area contributed by atoms with E-state index >= 15 is 0 Å². The molecule has 7 nitrogen and oxygen atoms in total. The maximum absolute atomic E-state index is 12.1. The van der Waals surface area contributed by atoms with E-state index in [0.29, 0.717) is 5.13 Å². The number of carbonyl (C=O) groups excluding carboxylic acids is 2. The van der Waals surface area contributed by atoms with Crippen molar-refractivity contribution in [1.82, 2.24) is 20.0 Å². The van der Waals surface area contributed by atoms with Gasteiger partial charge in [0.25, 0.3) is 5.78 Å². The van der Waals surface area contributed by atoms with Crippen LogP contribution in [0.4, 0.5) is 18.3 Å². The summed E-state index contributed by atoms with van der Waals surface area (Å²) in [5.41, 5.74) is -0.862. The van der Waals surface area contributed by atoms with Crippen LogP contribution < -0.4 is 5.32 Å². The first-order valence-electron chi connectivity index (χ1n) is 5.07. The van der Waals surface area contributed by atoms with Crippen molar-refractivity contribution in [2.24, 2.45) is 0 Å². The van der Waals surface area contributed by atoms with Gasteiger partial charge in [0, 0.05) is 11.6 Å². The molecule has 2 aromatic rings. The number of Topliss-reactive ketones (excluding diaryl/α,β-unsaturated/α-hetero) is 1. The van der Waals surface area contributed by atoms with Gasteiger partial charge in [-0.05, 0) is 0 Å². The van der Waals surface area contributed by atoms with E-state index in [2.05, 4.69) is 20.6 Å². The summed E-state index contributed by atoms with van der Waals surface area (Å²) < 4.78 is 37.3. The SMILES string of the molecule is O=C(Cn1cc(C(=O)C(F)(F)F)nn1)Nc1nccs1. The molecular formula is C9H6F3N5O2S. The van der Waals surface area contributed by atoms with Crippen molar-refractivity contribution in [3.8, 4) is 0 Å². The number of hydrogen-bond donors (Lipinski definition) is 1. The van der Waals surface area contributed by atoms with Crippen LogP contribution in [0.5, 0.6) is 0 Å². The number of ketones is 1. The third-order valence-electron chi connectivity index (χ3n) is 2.01.